The molecule has 0 aliphatic heterocycles. The van der Waals surface area contributed by atoms with Gasteiger partial charge in [0, 0.05) is 5.69 Å². The van der Waals surface area contributed by atoms with Crippen molar-refractivity contribution in [3.63, 3.8) is 0 Å². The Kier molecular flexibility index (Phi) is 4.86. The lowest BCUT2D eigenvalue weighted by molar-refractivity contribution is 0.248. The van der Waals surface area contributed by atoms with E-state index in [1.807, 2.05) is 13.8 Å². The molecule has 0 fully saturated rings. The monoisotopic (exact) mass is 362 g/mol. The summed E-state index contributed by atoms with van der Waals surface area (Å²) in [5.74, 6) is 1.02. The summed E-state index contributed by atoms with van der Waals surface area (Å²) in [4.78, 5) is 8.79. The van der Waals surface area contributed by atoms with Gasteiger partial charge in [0.25, 0.3) is 0 Å². The molecular formula is C15H19ClN8O. The van der Waals surface area contributed by atoms with Crippen molar-refractivity contribution in [3.05, 3.63) is 23.2 Å². The van der Waals surface area contributed by atoms with E-state index < -0.39 is 0 Å². The maximum atomic E-state index is 9.50. The van der Waals surface area contributed by atoms with Crippen LogP contribution < -0.4 is 16.4 Å². The molecule has 3 rings (SSSR count). The average Bonchev–Trinajstić information content (AvgIpc) is 3.04. The number of nitrogens with two attached hydrogens (primary N) is 1. The van der Waals surface area contributed by atoms with Gasteiger partial charge in [0.15, 0.2) is 17.0 Å². The standard InChI is InChI=1S/C15H19ClN8O/c1-7(2)11(6-25)19-15-20-13(12-14(21-15)23-24-22-12)18-8-3-4-10(17)9(16)5-8/h3-5,7,11,25H,6,17H2,1-2H3,(H3,18,19,20,21,22,23,24). The quantitative estimate of drug-likeness (QED) is 0.420. The van der Waals surface area contributed by atoms with Crippen molar-refractivity contribution in [3.8, 4) is 0 Å². The van der Waals surface area contributed by atoms with Crippen molar-refractivity contribution < 1.29 is 5.11 Å². The predicted molar refractivity (Wildman–Crippen MR) is 98.0 cm³/mol. The van der Waals surface area contributed by atoms with E-state index in [2.05, 4.69) is 36.0 Å². The summed E-state index contributed by atoms with van der Waals surface area (Å²) in [6.45, 7) is 3.97. The van der Waals surface area contributed by atoms with Gasteiger partial charge >= 0.3 is 0 Å². The minimum absolute atomic E-state index is 0.0311. The third kappa shape index (κ3) is 3.72. The second-order valence-electron chi connectivity index (χ2n) is 5.94. The maximum absolute atomic E-state index is 9.50. The van der Waals surface area contributed by atoms with Crippen molar-refractivity contribution in [2.45, 2.75) is 19.9 Å². The third-order valence-electron chi connectivity index (χ3n) is 3.77. The van der Waals surface area contributed by atoms with Crippen LogP contribution in [0, 0.1) is 5.92 Å². The van der Waals surface area contributed by atoms with E-state index in [4.69, 9.17) is 17.3 Å². The minimum atomic E-state index is -0.174. The van der Waals surface area contributed by atoms with Gasteiger partial charge in [0.1, 0.15) is 0 Å². The number of hydrogen-bond donors (Lipinski definition) is 5. The van der Waals surface area contributed by atoms with Gasteiger partial charge < -0.3 is 21.5 Å². The predicted octanol–water partition coefficient (Wildman–Crippen LogP) is 2.16. The number of nitrogens with one attached hydrogen (secondary N) is 3. The average molecular weight is 363 g/mol. The summed E-state index contributed by atoms with van der Waals surface area (Å²) in [7, 11) is 0. The number of aliphatic hydroxyl groups excluding tert-OH is 1. The van der Waals surface area contributed by atoms with Crippen molar-refractivity contribution in [2.24, 2.45) is 5.92 Å². The zero-order valence-corrected chi connectivity index (χ0v) is 14.5. The highest BCUT2D eigenvalue weighted by atomic mass is 35.5. The van der Waals surface area contributed by atoms with E-state index in [1.165, 1.54) is 0 Å². The normalized spacial score (nSPS) is 12.5. The number of halogens is 1. The number of hydrogen-bond acceptors (Lipinski definition) is 8. The zero-order valence-electron chi connectivity index (χ0n) is 13.8. The molecule has 1 aromatic carbocycles. The molecule has 132 valence electrons. The van der Waals surface area contributed by atoms with Crippen LogP contribution in [0.3, 0.4) is 0 Å². The highest BCUT2D eigenvalue weighted by molar-refractivity contribution is 6.33. The molecular weight excluding hydrogens is 344 g/mol. The summed E-state index contributed by atoms with van der Waals surface area (Å²) < 4.78 is 0. The lowest BCUT2D eigenvalue weighted by Gasteiger charge is -2.20. The molecule has 0 saturated carbocycles. The van der Waals surface area contributed by atoms with Crippen molar-refractivity contribution in [1.82, 2.24) is 25.4 Å². The van der Waals surface area contributed by atoms with Gasteiger partial charge in [-0.05, 0) is 24.1 Å². The Balaban J connectivity index is 1.95. The fourth-order valence-electron chi connectivity index (χ4n) is 2.23. The molecule has 1 unspecified atom stereocenters. The van der Waals surface area contributed by atoms with E-state index in [-0.39, 0.29) is 18.6 Å². The van der Waals surface area contributed by atoms with Gasteiger partial charge in [0.2, 0.25) is 5.95 Å². The summed E-state index contributed by atoms with van der Waals surface area (Å²) in [6, 6.07) is 5.01. The Hall–Kier alpha value is -2.65. The Morgan fingerprint density at radius 2 is 2.12 bits per heavy atom. The largest absolute Gasteiger partial charge is 0.398 e. The second kappa shape index (κ2) is 7.08. The minimum Gasteiger partial charge on any atom is -0.398 e. The van der Waals surface area contributed by atoms with Gasteiger partial charge in [-0.1, -0.05) is 30.7 Å². The number of nitrogen functional groups attached to an aromatic ring is 1. The molecule has 0 amide bonds. The summed E-state index contributed by atoms with van der Waals surface area (Å²) >= 11 is 6.06. The SMILES string of the molecule is CC(C)C(CO)Nc1nc(Nc2ccc(N)c(Cl)c2)c2nn[nH]c2n1. The summed E-state index contributed by atoms with van der Waals surface area (Å²) in [5, 5.41) is 26.7. The van der Waals surface area contributed by atoms with Crippen LogP contribution in [0.5, 0.6) is 0 Å². The van der Waals surface area contributed by atoms with Crippen LogP contribution in [0.25, 0.3) is 11.2 Å². The van der Waals surface area contributed by atoms with Crippen LogP contribution >= 0.6 is 11.6 Å². The fourth-order valence-corrected chi connectivity index (χ4v) is 2.41. The highest BCUT2D eigenvalue weighted by Crippen LogP contribution is 2.27. The van der Waals surface area contributed by atoms with Crippen LogP contribution in [-0.4, -0.2) is 43.1 Å². The maximum Gasteiger partial charge on any atom is 0.227 e. The number of fused-ring (bicyclic) bond motifs is 1. The van der Waals surface area contributed by atoms with Crippen molar-refractivity contribution in [1.29, 1.82) is 0 Å². The van der Waals surface area contributed by atoms with E-state index in [9.17, 15) is 5.11 Å². The van der Waals surface area contributed by atoms with Gasteiger partial charge in [0.05, 0.1) is 23.4 Å². The fraction of sp³-hybridized carbons (Fsp3) is 0.333. The van der Waals surface area contributed by atoms with E-state index >= 15 is 0 Å². The number of anilines is 4. The number of benzene rings is 1. The molecule has 1 atom stereocenters. The van der Waals surface area contributed by atoms with Crippen LogP contribution in [0.4, 0.5) is 23.1 Å². The first-order valence-electron chi connectivity index (χ1n) is 7.76. The van der Waals surface area contributed by atoms with Crippen LogP contribution in [0.2, 0.25) is 5.02 Å². The summed E-state index contributed by atoms with van der Waals surface area (Å²) in [6.07, 6.45) is 0. The molecule has 6 N–H and O–H groups in total. The number of aliphatic hydroxyl groups is 1. The van der Waals surface area contributed by atoms with Crippen molar-refractivity contribution in [2.75, 3.05) is 23.0 Å². The first kappa shape index (κ1) is 17.2. The van der Waals surface area contributed by atoms with E-state index in [1.54, 1.807) is 18.2 Å². The Labute approximate surface area is 149 Å². The smallest absolute Gasteiger partial charge is 0.227 e. The lowest BCUT2D eigenvalue weighted by Crippen LogP contribution is -2.30. The molecule has 0 radical (unpaired) electrons. The van der Waals surface area contributed by atoms with Gasteiger partial charge in [-0.15, -0.1) is 5.10 Å². The highest BCUT2D eigenvalue weighted by Gasteiger charge is 2.17. The Morgan fingerprint density at radius 3 is 2.80 bits per heavy atom. The molecule has 10 heteroatoms. The van der Waals surface area contributed by atoms with Crippen molar-refractivity contribution >= 4 is 45.9 Å². The molecule has 25 heavy (non-hydrogen) atoms. The number of H-pyrrole nitrogens is 1. The molecule has 3 aromatic rings. The van der Waals surface area contributed by atoms with Crippen LogP contribution in [0.1, 0.15) is 13.8 Å². The number of nitrogens with zero attached hydrogens (tertiary/aromatic N) is 4. The topological polar surface area (TPSA) is 138 Å². The molecule has 0 bridgehead atoms. The van der Waals surface area contributed by atoms with Crippen LogP contribution in [-0.2, 0) is 0 Å². The molecule has 0 aliphatic rings. The molecule has 0 aliphatic carbocycles. The van der Waals surface area contributed by atoms with Gasteiger partial charge in [-0.2, -0.15) is 9.97 Å². The number of rotatable bonds is 6. The second-order valence-corrected chi connectivity index (χ2v) is 6.35. The first-order valence-corrected chi connectivity index (χ1v) is 8.14. The molecule has 0 spiro atoms. The van der Waals surface area contributed by atoms with Gasteiger partial charge in [-0.25, -0.2) is 5.10 Å². The molecule has 2 aromatic heterocycles. The number of aromatic nitrogens is 5. The number of aromatic amines is 1. The van der Waals surface area contributed by atoms with Crippen LogP contribution in [0.15, 0.2) is 18.2 Å². The first-order chi connectivity index (χ1) is 12.0. The third-order valence-corrected chi connectivity index (χ3v) is 4.10. The Bertz CT molecular complexity index is 881. The summed E-state index contributed by atoms with van der Waals surface area (Å²) in [5.41, 5.74) is 7.89. The van der Waals surface area contributed by atoms with E-state index in [0.29, 0.717) is 39.3 Å². The lowest BCUT2D eigenvalue weighted by atomic mass is 10.1. The van der Waals surface area contributed by atoms with Gasteiger partial charge in [-0.3, -0.25) is 0 Å². The zero-order chi connectivity index (χ0) is 18.0. The molecule has 9 nitrogen and oxygen atoms in total. The molecule has 2 heterocycles. The molecule has 0 saturated heterocycles. The van der Waals surface area contributed by atoms with E-state index in [0.717, 1.165) is 0 Å². The Morgan fingerprint density at radius 1 is 1.32 bits per heavy atom.